The van der Waals surface area contributed by atoms with Gasteiger partial charge in [-0.05, 0) is 54.8 Å². The Labute approximate surface area is 200 Å². The number of ether oxygens (including phenoxy) is 2. The first-order valence-electron chi connectivity index (χ1n) is 10.3. The van der Waals surface area contributed by atoms with Gasteiger partial charge in [-0.15, -0.1) is 21.5 Å². The fraction of sp³-hybridized carbons (Fsp3) is 0.208. The van der Waals surface area contributed by atoms with Crippen LogP contribution in [0.25, 0.3) is 17.1 Å². The van der Waals surface area contributed by atoms with E-state index in [1.807, 2.05) is 77.5 Å². The molecule has 0 radical (unpaired) electrons. The number of aromatic nitrogens is 3. The first kappa shape index (κ1) is 22.9. The van der Waals surface area contributed by atoms with Crippen molar-refractivity contribution in [3.05, 3.63) is 70.9 Å². The summed E-state index contributed by atoms with van der Waals surface area (Å²) in [5, 5.41) is 14.1. The van der Waals surface area contributed by atoms with Crippen molar-refractivity contribution in [1.82, 2.24) is 20.1 Å². The average molecular weight is 481 g/mol. The second kappa shape index (κ2) is 10.5. The lowest BCUT2D eigenvalue weighted by atomic mass is 10.2. The maximum absolute atomic E-state index is 12.7. The smallest absolute Gasteiger partial charge is 0.233 e. The molecule has 0 fully saturated rings. The summed E-state index contributed by atoms with van der Waals surface area (Å²) >= 11 is 2.98. The largest absolute Gasteiger partial charge is 0.497 e. The Kier molecular flexibility index (Phi) is 7.31. The molecule has 33 heavy (non-hydrogen) atoms. The Morgan fingerprint density at radius 3 is 2.55 bits per heavy atom. The van der Waals surface area contributed by atoms with Crippen molar-refractivity contribution in [3.8, 4) is 28.6 Å². The Bertz CT molecular complexity index is 1210. The average Bonchev–Trinajstić information content (AvgIpc) is 3.52. The summed E-state index contributed by atoms with van der Waals surface area (Å²) in [6.07, 6.45) is 0. The number of benzene rings is 2. The van der Waals surface area contributed by atoms with Gasteiger partial charge < -0.3 is 14.8 Å². The molecule has 1 amide bonds. The van der Waals surface area contributed by atoms with E-state index in [-0.39, 0.29) is 11.2 Å². The molecule has 0 spiro atoms. The van der Waals surface area contributed by atoms with E-state index in [1.54, 1.807) is 25.6 Å². The first-order chi connectivity index (χ1) is 16.1. The van der Waals surface area contributed by atoms with Crippen LogP contribution in [-0.4, -0.2) is 40.1 Å². The number of nitrogens with zero attached hydrogens (tertiary/aromatic N) is 3. The Morgan fingerprint density at radius 1 is 1.06 bits per heavy atom. The van der Waals surface area contributed by atoms with Crippen molar-refractivity contribution in [1.29, 1.82) is 0 Å². The molecule has 0 bridgehead atoms. The van der Waals surface area contributed by atoms with Gasteiger partial charge in [0, 0.05) is 4.88 Å². The highest BCUT2D eigenvalue weighted by molar-refractivity contribution is 8.00. The fourth-order valence-electron chi connectivity index (χ4n) is 3.26. The zero-order chi connectivity index (χ0) is 23.2. The summed E-state index contributed by atoms with van der Waals surface area (Å²) in [5.41, 5.74) is 1.67. The first-order valence-corrected chi connectivity index (χ1v) is 12.1. The van der Waals surface area contributed by atoms with Crippen LogP contribution in [-0.2, 0) is 11.3 Å². The summed E-state index contributed by atoms with van der Waals surface area (Å²) in [6.45, 7) is 2.38. The Morgan fingerprint density at radius 2 is 1.85 bits per heavy atom. The number of thioether (sulfide) groups is 1. The molecule has 7 nitrogen and oxygen atoms in total. The molecule has 1 atom stereocenters. The number of thiophene rings is 1. The number of para-hydroxylation sites is 1. The van der Waals surface area contributed by atoms with Crippen LogP contribution < -0.4 is 14.8 Å². The number of carbonyl (C=O) groups is 1. The van der Waals surface area contributed by atoms with Gasteiger partial charge >= 0.3 is 0 Å². The number of nitrogens with one attached hydrogen (secondary N) is 1. The molecule has 1 unspecified atom stereocenters. The lowest BCUT2D eigenvalue weighted by molar-refractivity contribution is -0.120. The highest BCUT2D eigenvalue weighted by Crippen LogP contribution is 2.34. The number of hydrogen-bond acceptors (Lipinski definition) is 7. The molecule has 0 aliphatic heterocycles. The molecule has 170 valence electrons. The molecule has 4 aromatic rings. The number of amides is 1. The van der Waals surface area contributed by atoms with E-state index in [4.69, 9.17) is 9.47 Å². The van der Waals surface area contributed by atoms with Crippen LogP contribution in [0.2, 0.25) is 0 Å². The SMILES string of the molecule is COc1ccc(-n2c(SC(C)C(=O)NCc3cccs3)nnc2-c2ccccc2OC)cc1. The minimum absolute atomic E-state index is 0.0588. The van der Waals surface area contributed by atoms with Crippen LogP contribution in [0.1, 0.15) is 11.8 Å². The van der Waals surface area contributed by atoms with Crippen molar-refractivity contribution in [2.75, 3.05) is 14.2 Å². The van der Waals surface area contributed by atoms with Gasteiger partial charge in [0.1, 0.15) is 11.5 Å². The van der Waals surface area contributed by atoms with Gasteiger partial charge in [0.05, 0.1) is 37.3 Å². The second-order valence-corrected chi connectivity index (χ2v) is 9.44. The van der Waals surface area contributed by atoms with Gasteiger partial charge in [-0.25, -0.2) is 0 Å². The van der Waals surface area contributed by atoms with E-state index in [2.05, 4.69) is 15.5 Å². The third kappa shape index (κ3) is 5.20. The van der Waals surface area contributed by atoms with Crippen molar-refractivity contribution >= 4 is 29.0 Å². The lowest BCUT2D eigenvalue weighted by Gasteiger charge is -2.15. The summed E-state index contributed by atoms with van der Waals surface area (Å²) < 4.78 is 12.8. The highest BCUT2D eigenvalue weighted by atomic mass is 32.2. The van der Waals surface area contributed by atoms with E-state index in [0.29, 0.717) is 23.3 Å². The number of carbonyl (C=O) groups excluding carboxylic acids is 1. The second-order valence-electron chi connectivity index (χ2n) is 7.10. The van der Waals surface area contributed by atoms with Crippen LogP contribution in [0.15, 0.2) is 71.2 Å². The molecular formula is C24H24N4O3S2. The molecular weight excluding hydrogens is 456 g/mol. The standard InChI is InChI=1S/C24H24N4O3S2/c1-16(23(29)25-15-19-7-6-14-32-19)33-24-27-26-22(20-8-4-5-9-21(20)31-3)28(24)17-10-12-18(30-2)13-11-17/h4-14,16H,15H2,1-3H3,(H,25,29). The Hall–Kier alpha value is -3.30. The number of hydrogen-bond donors (Lipinski definition) is 1. The molecule has 2 aromatic heterocycles. The van der Waals surface area contributed by atoms with Gasteiger partial charge in [0.25, 0.3) is 0 Å². The van der Waals surface area contributed by atoms with E-state index in [9.17, 15) is 4.79 Å². The third-order valence-electron chi connectivity index (χ3n) is 4.98. The van der Waals surface area contributed by atoms with Gasteiger partial charge in [0.15, 0.2) is 11.0 Å². The van der Waals surface area contributed by atoms with Gasteiger partial charge in [0.2, 0.25) is 5.91 Å². The van der Waals surface area contributed by atoms with Gasteiger partial charge in [-0.3, -0.25) is 9.36 Å². The molecule has 0 aliphatic carbocycles. The minimum Gasteiger partial charge on any atom is -0.497 e. The van der Waals surface area contributed by atoms with Crippen molar-refractivity contribution in [2.45, 2.75) is 23.9 Å². The maximum Gasteiger partial charge on any atom is 0.233 e. The van der Waals surface area contributed by atoms with Gasteiger partial charge in [-0.1, -0.05) is 30.0 Å². The molecule has 0 aliphatic rings. The number of rotatable bonds is 9. The molecule has 9 heteroatoms. The maximum atomic E-state index is 12.7. The highest BCUT2D eigenvalue weighted by Gasteiger charge is 2.23. The summed E-state index contributed by atoms with van der Waals surface area (Å²) in [4.78, 5) is 13.8. The van der Waals surface area contributed by atoms with E-state index in [1.165, 1.54) is 11.8 Å². The molecule has 2 aromatic carbocycles. The lowest BCUT2D eigenvalue weighted by Crippen LogP contribution is -2.30. The van der Waals surface area contributed by atoms with Crippen LogP contribution in [0, 0.1) is 0 Å². The molecule has 0 saturated carbocycles. The summed E-state index contributed by atoms with van der Waals surface area (Å²) in [6, 6.07) is 19.3. The monoisotopic (exact) mass is 480 g/mol. The molecule has 0 saturated heterocycles. The number of methoxy groups -OCH3 is 2. The van der Waals surface area contributed by atoms with Crippen LogP contribution in [0.5, 0.6) is 11.5 Å². The molecule has 1 N–H and O–H groups in total. The predicted molar refractivity (Wildman–Crippen MR) is 131 cm³/mol. The topological polar surface area (TPSA) is 78.3 Å². The van der Waals surface area contributed by atoms with Crippen LogP contribution in [0.4, 0.5) is 0 Å². The van der Waals surface area contributed by atoms with E-state index >= 15 is 0 Å². The van der Waals surface area contributed by atoms with E-state index in [0.717, 1.165) is 21.9 Å². The van der Waals surface area contributed by atoms with Crippen molar-refractivity contribution in [3.63, 3.8) is 0 Å². The van der Waals surface area contributed by atoms with Crippen molar-refractivity contribution in [2.24, 2.45) is 0 Å². The van der Waals surface area contributed by atoms with Crippen LogP contribution in [0.3, 0.4) is 0 Å². The molecule has 4 rings (SSSR count). The quantitative estimate of drug-likeness (QED) is 0.347. The Balaban J connectivity index is 1.65. The minimum atomic E-state index is -0.364. The normalized spacial score (nSPS) is 11.7. The fourth-order valence-corrected chi connectivity index (χ4v) is 4.79. The third-order valence-corrected chi connectivity index (χ3v) is 6.90. The van der Waals surface area contributed by atoms with Gasteiger partial charge in [-0.2, -0.15) is 0 Å². The van der Waals surface area contributed by atoms with Crippen molar-refractivity contribution < 1.29 is 14.3 Å². The zero-order valence-corrected chi connectivity index (χ0v) is 20.2. The zero-order valence-electron chi connectivity index (χ0n) is 18.5. The van der Waals surface area contributed by atoms with Crippen LogP contribution >= 0.6 is 23.1 Å². The summed E-state index contributed by atoms with van der Waals surface area (Å²) in [7, 11) is 3.26. The van der Waals surface area contributed by atoms with E-state index < -0.39 is 0 Å². The summed E-state index contributed by atoms with van der Waals surface area (Å²) in [5.74, 6) is 2.02. The molecule has 2 heterocycles. The predicted octanol–water partition coefficient (Wildman–Crippen LogP) is 4.81.